The van der Waals surface area contributed by atoms with Gasteiger partial charge >= 0.3 is 0 Å². The lowest BCUT2D eigenvalue weighted by atomic mass is 10.0. The summed E-state index contributed by atoms with van der Waals surface area (Å²) in [4.78, 5) is 25.5. The summed E-state index contributed by atoms with van der Waals surface area (Å²) in [5.74, 6) is -0.158. The number of amides is 1. The van der Waals surface area contributed by atoms with Gasteiger partial charge in [-0.05, 0) is 38.5 Å². The monoisotopic (exact) mass is 1040 g/mol. The fourth-order valence-corrected chi connectivity index (χ4v) is 10.7. The fourth-order valence-electron chi connectivity index (χ4n) is 9.98. The molecule has 0 aromatic rings. The molecule has 0 saturated carbocycles. The molecule has 0 aliphatic heterocycles. The molecule has 8 nitrogen and oxygen atoms in total. The number of phosphoric ester groups is 1. The first-order valence-electron chi connectivity index (χ1n) is 32.0. The molecular formula is C63H127N2O6P. The van der Waals surface area contributed by atoms with Crippen LogP contribution in [-0.2, 0) is 18.4 Å². The SMILES string of the molecule is CCCCCCCCCC/C=C\CCCCCCCCCCCCCCCCCCCCCCCCCCCC(=O)NC(COP(=O)([O-])OCC[N+](C)(C)C)C(O)CCCCCCCCCCCCCCC. The molecule has 0 fully saturated rings. The number of carbonyl (C=O) groups is 1. The second kappa shape index (κ2) is 55.0. The third-order valence-corrected chi connectivity index (χ3v) is 16.0. The van der Waals surface area contributed by atoms with Gasteiger partial charge in [0.2, 0.25) is 5.91 Å². The van der Waals surface area contributed by atoms with Crippen molar-refractivity contribution in [1.29, 1.82) is 0 Å². The van der Waals surface area contributed by atoms with Gasteiger partial charge in [-0.2, -0.15) is 0 Å². The minimum absolute atomic E-state index is 0.0157. The molecule has 3 atom stereocenters. The molecule has 0 aliphatic rings. The number of nitrogens with one attached hydrogen (secondary N) is 1. The van der Waals surface area contributed by atoms with Gasteiger partial charge in [-0.25, -0.2) is 0 Å². The van der Waals surface area contributed by atoms with Crippen LogP contribution in [0.2, 0.25) is 0 Å². The number of rotatable bonds is 60. The number of aliphatic hydroxyl groups excluding tert-OH is 1. The zero-order valence-electron chi connectivity index (χ0n) is 49.2. The molecule has 0 heterocycles. The molecule has 430 valence electrons. The summed E-state index contributed by atoms with van der Waals surface area (Å²) in [5, 5.41) is 14.0. The van der Waals surface area contributed by atoms with Gasteiger partial charge in [-0.15, -0.1) is 0 Å². The first-order chi connectivity index (χ1) is 35.0. The van der Waals surface area contributed by atoms with E-state index >= 15 is 0 Å². The largest absolute Gasteiger partial charge is 0.756 e. The van der Waals surface area contributed by atoms with Gasteiger partial charge in [-0.3, -0.25) is 9.36 Å². The molecule has 1 amide bonds. The molecule has 9 heteroatoms. The number of carbonyl (C=O) groups excluding carboxylic acids is 1. The average molecular weight is 1040 g/mol. The molecule has 72 heavy (non-hydrogen) atoms. The second-order valence-electron chi connectivity index (χ2n) is 23.5. The summed E-state index contributed by atoms with van der Waals surface area (Å²) >= 11 is 0. The smallest absolute Gasteiger partial charge is 0.268 e. The van der Waals surface area contributed by atoms with Gasteiger partial charge in [-0.1, -0.05) is 302 Å². The summed E-state index contributed by atoms with van der Waals surface area (Å²) < 4.78 is 23.4. The van der Waals surface area contributed by atoms with Gasteiger partial charge in [0.15, 0.2) is 0 Å². The fraction of sp³-hybridized carbons (Fsp3) is 0.952. The van der Waals surface area contributed by atoms with E-state index < -0.39 is 20.0 Å². The maximum atomic E-state index is 13.0. The third kappa shape index (κ3) is 57.0. The number of hydrogen-bond donors (Lipinski definition) is 2. The summed E-state index contributed by atoms with van der Waals surface area (Å²) in [7, 11) is 1.32. The van der Waals surface area contributed by atoms with E-state index in [1.165, 1.54) is 270 Å². The van der Waals surface area contributed by atoms with Crippen LogP contribution in [0.4, 0.5) is 0 Å². The van der Waals surface area contributed by atoms with Gasteiger partial charge in [0, 0.05) is 6.42 Å². The van der Waals surface area contributed by atoms with Crippen molar-refractivity contribution in [3.63, 3.8) is 0 Å². The van der Waals surface area contributed by atoms with Crippen molar-refractivity contribution in [2.24, 2.45) is 0 Å². The Bertz CT molecular complexity index is 1180. The minimum Gasteiger partial charge on any atom is -0.756 e. The van der Waals surface area contributed by atoms with Gasteiger partial charge in [0.1, 0.15) is 13.2 Å². The molecule has 0 radical (unpaired) electrons. The molecule has 0 aliphatic carbocycles. The van der Waals surface area contributed by atoms with Crippen molar-refractivity contribution in [2.45, 2.75) is 347 Å². The van der Waals surface area contributed by atoms with Crippen LogP contribution in [0.3, 0.4) is 0 Å². The summed E-state index contributed by atoms with van der Waals surface area (Å²) in [6, 6.07) is -0.796. The van der Waals surface area contributed by atoms with Crippen molar-refractivity contribution < 1.29 is 32.9 Å². The predicted molar refractivity (Wildman–Crippen MR) is 312 cm³/mol. The predicted octanol–water partition coefficient (Wildman–Crippen LogP) is 19.1. The first kappa shape index (κ1) is 71.2. The number of aliphatic hydroxyl groups is 1. The molecule has 0 spiro atoms. The van der Waals surface area contributed by atoms with Crippen molar-refractivity contribution >= 4 is 13.7 Å². The first-order valence-corrected chi connectivity index (χ1v) is 33.5. The molecule has 0 saturated heterocycles. The zero-order chi connectivity index (χ0) is 52.7. The van der Waals surface area contributed by atoms with Crippen molar-refractivity contribution in [1.82, 2.24) is 5.32 Å². The highest BCUT2D eigenvalue weighted by molar-refractivity contribution is 7.45. The van der Waals surface area contributed by atoms with E-state index in [0.29, 0.717) is 23.9 Å². The summed E-state index contributed by atoms with van der Waals surface area (Å²) in [5.41, 5.74) is 0. The lowest BCUT2D eigenvalue weighted by molar-refractivity contribution is -0.870. The molecular weight excluding hydrogens is 912 g/mol. The Labute approximate surface area is 450 Å². The number of allylic oxidation sites excluding steroid dienone is 2. The molecule has 3 unspecified atom stereocenters. The Balaban J connectivity index is 3.85. The van der Waals surface area contributed by atoms with Crippen LogP contribution in [0.25, 0.3) is 0 Å². The van der Waals surface area contributed by atoms with E-state index in [0.717, 1.165) is 38.5 Å². The van der Waals surface area contributed by atoms with E-state index in [1.807, 2.05) is 21.1 Å². The van der Waals surface area contributed by atoms with Crippen molar-refractivity contribution in [2.75, 3.05) is 40.9 Å². The quantitative estimate of drug-likeness (QED) is 0.0272. The van der Waals surface area contributed by atoms with Crippen LogP contribution in [0.15, 0.2) is 12.2 Å². The number of hydrogen-bond acceptors (Lipinski definition) is 6. The summed E-state index contributed by atoms with van der Waals surface area (Å²) in [6.07, 6.45) is 68.6. The number of phosphoric acid groups is 1. The van der Waals surface area contributed by atoms with E-state index in [-0.39, 0.29) is 19.1 Å². The molecule has 0 aromatic carbocycles. The van der Waals surface area contributed by atoms with Crippen LogP contribution < -0.4 is 10.2 Å². The maximum absolute atomic E-state index is 13.0. The molecule has 0 bridgehead atoms. The number of nitrogens with zero attached hydrogens (tertiary/aromatic N) is 1. The number of unbranched alkanes of at least 4 members (excludes halogenated alkanes) is 45. The Kier molecular flexibility index (Phi) is 54.4. The van der Waals surface area contributed by atoms with Crippen molar-refractivity contribution in [3.05, 3.63) is 12.2 Å². The lowest BCUT2D eigenvalue weighted by Gasteiger charge is -2.30. The average Bonchev–Trinajstić information content (AvgIpc) is 3.34. The number of likely N-dealkylation sites (N-methyl/N-ethyl adjacent to an activating group) is 1. The Hall–Kier alpha value is -0.760. The van der Waals surface area contributed by atoms with Crippen LogP contribution in [0, 0.1) is 0 Å². The van der Waals surface area contributed by atoms with E-state index in [4.69, 9.17) is 9.05 Å². The van der Waals surface area contributed by atoms with Crippen LogP contribution in [0.5, 0.6) is 0 Å². The number of quaternary nitrogens is 1. The maximum Gasteiger partial charge on any atom is 0.268 e. The van der Waals surface area contributed by atoms with Crippen LogP contribution >= 0.6 is 7.82 Å². The molecule has 2 N–H and O–H groups in total. The van der Waals surface area contributed by atoms with Crippen LogP contribution in [0.1, 0.15) is 335 Å². The van der Waals surface area contributed by atoms with Crippen molar-refractivity contribution in [3.8, 4) is 0 Å². The normalized spacial score (nSPS) is 13.8. The highest BCUT2D eigenvalue weighted by Gasteiger charge is 2.24. The van der Waals surface area contributed by atoms with E-state index in [9.17, 15) is 19.4 Å². The second-order valence-corrected chi connectivity index (χ2v) is 24.9. The highest BCUT2D eigenvalue weighted by atomic mass is 31.2. The topological polar surface area (TPSA) is 108 Å². The Morgan fingerprint density at radius 2 is 0.764 bits per heavy atom. The highest BCUT2D eigenvalue weighted by Crippen LogP contribution is 2.38. The standard InChI is InChI=1S/C63H127N2O6P/c1-6-8-10-12-14-16-18-20-21-22-23-24-25-26-27-28-29-30-31-32-33-34-35-36-37-38-39-40-41-42-43-45-47-49-51-53-55-57-63(67)64-61(60-71-72(68,69)70-59-58-65(3,4)5)62(66)56-54-52-50-48-46-44-19-17-15-13-11-9-7-2/h22-23,61-62,66H,6-21,24-60H2,1-5H3,(H-,64,67,68,69)/b23-22-. The Morgan fingerprint density at radius 1 is 0.472 bits per heavy atom. The van der Waals surface area contributed by atoms with E-state index in [1.54, 1.807) is 0 Å². The van der Waals surface area contributed by atoms with Crippen LogP contribution in [-0.4, -0.2) is 68.5 Å². The zero-order valence-corrected chi connectivity index (χ0v) is 50.1. The molecule has 0 aromatic heterocycles. The van der Waals surface area contributed by atoms with Gasteiger partial charge in [0.25, 0.3) is 7.82 Å². The summed E-state index contributed by atoms with van der Waals surface area (Å²) in [6.45, 7) is 4.76. The lowest BCUT2D eigenvalue weighted by Crippen LogP contribution is -2.46. The minimum atomic E-state index is -4.57. The van der Waals surface area contributed by atoms with E-state index in [2.05, 4.69) is 31.3 Å². The Morgan fingerprint density at radius 3 is 1.08 bits per heavy atom. The third-order valence-electron chi connectivity index (χ3n) is 15.0. The van der Waals surface area contributed by atoms with Gasteiger partial charge in [0.05, 0.1) is 39.9 Å². The van der Waals surface area contributed by atoms with Gasteiger partial charge < -0.3 is 28.8 Å². The molecule has 0 rings (SSSR count).